The lowest BCUT2D eigenvalue weighted by atomic mass is 10.2. The molecule has 80 valence electrons. The van der Waals surface area contributed by atoms with Crippen molar-refractivity contribution in [1.29, 1.82) is 0 Å². The van der Waals surface area contributed by atoms with Crippen LogP contribution in [0.1, 0.15) is 0 Å². The van der Waals surface area contributed by atoms with Crippen molar-refractivity contribution in [2.24, 2.45) is 5.84 Å². The first kappa shape index (κ1) is 10.2. The van der Waals surface area contributed by atoms with E-state index in [1.807, 2.05) is 18.2 Å². The zero-order valence-electron chi connectivity index (χ0n) is 8.20. The van der Waals surface area contributed by atoms with E-state index in [0.717, 1.165) is 5.39 Å². The number of nitrogens with zero attached hydrogens (tertiary/aromatic N) is 3. The molecule has 0 atom stereocenters. The Morgan fingerprint density at radius 1 is 1.38 bits per heavy atom. The number of aromatic nitrogens is 2. The van der Waals surface area contributed by atoms with Crippen LogP contribution in [0.2, 0.25) is 0 Å². The van der Waals surface area contributed by atoms with Crippen LogP contribution in [0, 0.1) is 0 Å². The molecule has 16 heavy (non-hydrogen) atoms. The van der Waals surface area contributed by atoms with Gasteiger partial charge in [0.1, 0.15) is 0 Å². The van der Waals surface area contributed by atoms with Gasteiger partial charge in [0.2, 0.25) is 12.2 Å². The molecule has 2 aromatic rings. The zero-order valence-corrected chi connectivity index (χ0v) is 8.20. The molecule has 0 radical (unpaired) electrons. The number of hydrogen-bond acceptors (Lipinski definition) is 5. The molecular weight excluding hydrogens is 208 g/mol. The van der Waals surface area contributed by atoms with Crippen molar-refractivity contribution >= 4 is 29.0 Å². The number of anilines is 1. The molecular formula is C10H8N4O2. The average Bonchev–Trinajstić information content (AvgIpc) is 2.36. The number of hydrazine groups is 1. The maximum Gasteiger partial charge on any atom is 0.307 e. The van der Waals surface area contributed by atoms with Crippen molar-refractivity contribution in [3.63, 3.8) is 0 Å². The molecule has 0 saturated heterocycles. The Labute approximate surface area is 90.7 Å². The van der Waals surface area contributed by atoms with E-state index in [2.05, 4.69) is 9.97 Å². The van der Waals surface area contributed by atoms with E-state index in [1.165, 1.54) is 6.20 Å². The van der Waals surface area contributed by atoms with Crippen LogP contribution in [-0.4, -0.2) is 22.2 Å². The van der Waals surface area contributed by atoms with Gasteiger partial charge in [-0.2, -0.15) is 0 Å². The van der Waals surface area contributed by atoms with E-state index in [1.54, 1.807) is 6.07 Å². The second-order valence-corrected chi connectivity index (χ2v) is 3.05. The molecule has 0 saturated carbocycles. The number of carbonyl (C=O) groups excluding carboxylic acids is 2. The maximum absolute atomic E-state index is 11.0. The van der Waals surface area contributed by atoms with Crippen molar-refractivity contribution in [3.8, 4) is 0 Å². The molecule has 1 amide bonds. The Balaban J connectivity index is 2.46. The second kappa shape index (κ2) is 4.03. The molecule has 6 nitrogen and oxygen atoms in total. The van der Waals surface area contributed by atoms with Crippen molar-refractivity contribution in [3.05, 3.63) is 30.5 Å². The van der Waals surface area contributed by atoms with Gasteiger partial charge in [-0.25, -0.2) is 20.8 Å². The van der Waals surface area contributed by atoms with Gasteiger partial charge in [-0.3, -0.25) is 9.59 Å². The molecule has 0 fully saturated rings. The minimum absolute atomic E-state index is 0.00389. The van der Waals surface area contributed by atoms with E-state index >= 15 is 0 Å². The molecule has 1 heterocycles. The topological polar surface area (TPSA) is 89.2 Å². The zero-order chi connectivity index (χ0) is 11.5. The Kier molecular flexibility index (Phi) is 2.57. The monoisotopic (exact) mass is 216 g/mol. The fourth-order valence-electron chi connectivity index (χ4n) is 1.23. The third-order valence-electron chi connectivity index (χ3n) is 2.03. The summed E-state index contributed by atoms with van der Waals surface area (Å²) < 4.78 is 0. The van der Waals surface area contributed by atoms with Crippen molar-refractivity contribution in [2.45, 2.75) is 0 Å². The summed E-state index contributed by atoms with van der Waals surface area (Å²) >= 11 is 0. The molecule has 0 aliphatic carbocycles. The van der Waals surface area contributed by atoms with Gasteiger partial charge >= 0.3 is 5.91 Å². The largest absolute Gasteiger partial charge is 0.307 e. The fraction of sp³-hybridized carbons (Fsp3) is 0. The highest BCUT2D eigenvalue weighted by molar-refractivity contribution is 6.29. The summed E-state index contributed by atoms with van der Waals surface area (Å²) in [5.74, 6) is 4.47. The number of rotatable bonds is 2. The molecule has 0 aliphatic rings. The quantitative estimate of drug-likeness (QED) is 0.251. The van der Waals surface area contributed by atoms with Crippen LogP contribution in [-0.2, 0) is 9.59 Å². The van der Waals surface area contributed by atoms with Crippen molar-refractivity contribution < 1.29 is 9.59 Å². The normalized spacial score (nSPS) is 10.1. The SMILES string of the molecule is NN(C(=O)C=O)c1ncc2ccccc2n1. The van der Waals surface area contributed by atoms with Crippen LogP contribution in [0.4, 0.5) is 5.95 Å². The summed E-state index contributed by atoms with van der Waals surface area (Å²) in [6.07, 6.45) is 1.65. The first-order valence-electron chi connectivity index (χ1n) is 4.48. The van der Waals surface area contributed by atoms with Crippen LogP contribution in [0.15, 0.2) is 30.5 Å². The van der Waals surface area contributed by atoms with Gasteiger partial charge in [0, 0.05) is 11.6 Å². The number of aldehydes is 1. The Morgan fingerprint density at radius 3 is 2.88 bits per heavy atom. The molecule has 1 aromatic carbocycles. The first-order chi connectivity index (χ1) is 7.72. The molecule has 2 rings (SSSR count). The minimum atomic E-state index is -0.893. The minimum Gasteiger partial charge on any atom is -0.292 e. The van der Waals surface area contributed by atoms with Gasteiger partial charge in [0.15, 0.2) is 0 Å². The van der Waals surface area contributed by atoms with Gasteiger partial charge in [-0.05, 0) is 6.07 Å². The van der Waals surface area contributed by atoms with Gasteiger partial charge in [0.25, 0.3) is 0 Å². The van der Waals surface area contributed by atoms with Crippen LogP contribution in [0.5, 0.6) is 0 Å². The number of benzene rings is 1. The maximum atomic E-state index is 11.0. The highest BCUT2D eigenvalue weighted by Crippen LogP contribution is 2.12. The lowest BCUT2D eigenvalue weighted by Gasteiger charge is -2.10. The Morgan fingerprint density at radius 2 is 2.12 bits per heavy atom. The van der Waals surface area contributed by atoms with Crippen LogP contribution in [0.3, 0.4) is 0 Å². The summed E-state index contributed by atoms with van der Waals surface area (Å²) in [7, 11) is 0. The summed E-state index contributed by atoms with van der Waals surface area (Å²) in [4.78, 5) is 29.2. The number of fused-ring (bicyclic) bond motifs is 1. The van der Waals surface area contributed by atoms with Crippen LogP contribution >= 0.6 is 0 Å². The number of nitrogens with two attached hydrogens (primary N) is 1. The summed E-state index contributed by atoms with van der Waals surface area (Å²) in [5.41, 5.74) is 0.654. The number of para-hydroxylation sites is 1. The molecule has 0 unspecified atom stereocenters. The van der Waals surface area contributed by atoms with Crippen molar-refractivity contribution in [1.82, 2.24) is 9.97 Å². The summed E-state index contributed by atoms with van der Waals surface area (Å²) in [5, 5.41) is 1.44. The summed E-state index contributed by atoms with van der Waals surface area (Å²) in [6, 6.07) is 7.25. The molecule has 0 aliphatic heterocycles. The molecule has 0 spiro atoms. The predicted octanol–water partition coefficient (Wildman–Crippen LogP) is 0.0354. The van der Waals surface area contributed by atoms with E-state index in [0.29, 0.717) is 10.5 Å². The van der Waals surface area contributed by atoms with Crippen LogP contribution in [0.25, 0.3) is 10.9 Å². The van der Waals surface area contributed by atoms with Gasteiger partial charge in [-0.1, -0.05) is 18.2 Å². The van der Waals surface area contributed by atoms with Crippen LogP contribution < -0.4 is 10.9 Å². The van der Waals surface area contributed by atoms with Gasteiger partial charge < -0.3 is 0 Å². The second-order valence-electron chi connectivity index (χ2n) is 3.05. The molecule has 2 N–H and O–H groups in total. The smallest absolute Gasteiger partial charge is 0.292 e. The van der Waals surface area contributed by atoms with E-state index < -0.39 is 5.91 Å². The highest BCUT2D eigenvalue weighted by atomic mass is 16.2. The van der Waals surface area contributed by atoms with E-state index in [9.17, 15) is 9.59 Å². The Bertz CT molecular complexity index is 555. The summed E-state index contributed by atoms with van der Waals surface area (Å²) in [6.45, 7) is 0. The third-order valence-corrected chi connectivity index (χ3v) is 2.03. The Hall–Kier alpha value is -2.34. The molecule has 1 aromatic heterocycles. The van der Waals surface area contributed by atoms with E-state index in [-0.39, 0.29) is 12.2 Å². The van der Waals surface area contributed by atoms with E-state index in [4.69, 9.17) is 5.84 Å². The highest BCUT2D eigenvalue weighted by Gasteiger charge is 2.13. The van der Waals surface area contributed by atoms with Gasteiger partial charge in [-0.15, -0.1) is 0 Å². The fourth-order valence-corrected chi connectivity index (χ4v) is 1.23. The third kappa shape index (κ3) is 1.73. The lowest BCUT2D eigenvalue weighted by Crippen LogP contribution is -2.39. The molecule has 6 heteroatoms. The predicted molar refractivity (Wildman–Crippen MR) is 57.3 cm³/mol. The standard InChI is InChI=1S/C10H8N4O2/c11-14(9(16)6-15)10-12-5-7-3-1-2-4-8(7)13-10/h1-6H,11H2. The van der Waals surface area contributed by atoms with Crippen molar-refractivity contribution in [2.75, 3.05) is 5.01 Å². The van der Waals surface area contributed by atoms with Gasteiger partial charge in [0.05, 0.1) is 5.52 Å². The number of hydrogen-bond donors (Lipinski definition) is 1. The average molecular weight is 216 g/mol. The number of amides is 1. The molecule has 0 bridgehead atoms. The lowest BCUT2D eigenvalue weighted by molar-refractivity contribution is -0.129. The number of carbonyl (C=O) groups is 2. The first-order valence-corrected chi connectivity index (χ1v) is 4.48.